The molecule has 1 atom stereocenters. The summed E-state index contributed by atoms with van der Waals surface area (Å²) < 4.78 is 0. The van der Waals surface area contributed by atoms with E-state index in [1.54, 1.807) is 0 Å². The summed E-state index contributed by atoms with van der Waals surface area (Å²) >= 11 is 0. The van der Waals surface area contributed by atoms with Crippen LogP contribution in [0.4, 0.5) is 23.3 Å². The van der Waals surface area contributed by atoms with Gasteiger partial charge in [0.2, 0.25) is 11.8 Å². The molecule has 10 nitrogen and oxygen atoms in total. The zero-order valence-corrected chi connectivity index (χ0v) is 16.4. The SMILES string of the molecule is Nc1nc(N2CCCC(CN3CCN(c4ccccn4)CC3)C2)ncc1[N+](=O)[O-]. The average Bonchev–Trinajstić information content (AvgIpc) is 2.75. The second-order valence-electron chi connectivity index (χ2n) is 7.63. The number of hydrogen-bond acceptors (Lipinski definition) is 9. The van der Waals surface area contributed by atoms with Crippen molar-refractivity contribution in [2.75, 3.05) is 61.3 Å². The van der Waals surface area contributed by atoms with Gasteiger partial charge in [0.1, 0.15) is 12.0 Å². The highest BCUT2D eigenvalue weighted by Crippen LogP contribution is 2.25. The van der Waals surface area contributed by atoms with E-state index >= 15 is 0 Å². The molecule has 0 radical (unpaired) electrons. The van der Waals surface area contributed by atoms with Gasteiger partial charge in [-0.2, -0.15) is 4.98 Å². The van der Waals surface area contributed by atoms with Crippen LogP contribution >= 0.6 is 0 Å². The van der Waals surface area contributed by atoms with E-state index in [-0.39, 0.29) is 11.5 Å². The van der Waals surface area contributed by atoms with Gasteiger partial charge in [0.25, 0.3) is 0 Å². The fourth-order valence-corrected chi connectivity index (χ4v) is 4.13. The van der Waals surface area contributed by atoms with Crippen LogP contribution in [0.25, 0.3) is 0 Å². The number of pyridine rings is 1. The average molecular weight is 398 g/mol. The maximum atomic E-state index is 10.9. The van der Waals surface area contributed by atoms with E-state index in [1.807, 2.05) is 18.3 Å². The highest BCUT2D eigenvalue weighted by molar-refractivity contribution is 5.53. The Morgan fingerprint density at radius 2 is 1.97 bits per heavy atom. The van der Waals surface area contributed by atoms with Gasteiger partial charge in [0.05, 0.1) is 4.92 Å². The molecule has 1 unspecified atom stereocenters. The fraction of sp³-hybridized carbons (Fsp3) is 0.526. The van der Waals surface area contributed by atoms with Gasteiger partial charge in [-0.05, 0) is 30.9 Å². The van der Waals surface area contributed by atoms with Crippen molar-refractivity contribution in [2.45, 2.75) is 12.8 Å². The van der Waals surface area contributed by atoms with Crippen molar-refractivity contribution in [2.24, 2.45) is 5.92 Å². The summed E-state index contributed by atoms with van der Waals surface area (Å²) in [6.07, 6.45) is 5.27. The molecule has 154 valence electrons. The van der Waals surface area contributed by atoms with Gasteiger partial charge in [-0.1, -0.05) is 6.07 Å². The molecule has 0 saturated carbocycles. The third kappa shape index (κ3) is 4.53. The first-order chi connectivity index (χ1) is 14.1. The number of rotatable bonds is 5. The standard InChI is InChI=1S/C19H26N8O2/c20-18-16(27(28)29)12-22-19(23-18)26-7-3-4-15(14-26)13-24-8-10-25(11-9-24)17-5-1-2-6-21-17/h1-2,5-6,12,15H,3-4,7-11,13-14H2,(H2,20,22,23). The highest BCUT2D eigenvalue weighted by atomic mass is 16.6. The summed E-state index contributed by atoms with van der Waals surface area (Å²) in [6.45, 7) is 6.74. The Labute approximate surface area is 169 Å². The Balaban J connectivity index is 1.31. The monoisotopic (exact) mass is 398 g/mol. The van der Waals surface area contributed by atoms with Gasteiger partial charge < -0.3 is 15.5 Å². The molecule has 2 aromatic heterocycles. The Bertz CT molecular complexity index is 841. The van der Waals surface area contributed by atoms with Gasteiger partial charge in [0.15, 0.2) is 0 Å². The van der Waals surface area contributed by atoms with Crippen LogP contribution in [-0.4, -0.2) is 70.6 Å². The zero-order chi connectivity index (χ0) is 20.2. The van der Waals surface area contributed by atoms with E-state index in [1.165, 1.54) is 12.6 Å². The molecule has 2 aromatic rings. The minimum absolute atomic E-state index is 0.0761. The summed E-state index contributed by atoms with van der Waals surface area (Å²) in [5.41, 5.74) is 5.49. The second-order valence-corrected chi connectivity index (χ2v) is 7.63. The number of nitro groups is 1. The lowest BCUT2D eigenvalue weighted by Gasteiger charge is -2.39. The molecule has 2 aliphatic heterocycles. The van der Waals surface area contributed by atoms with E-state index < -0.39 is 4.92 Å². The molecule has 0 spiro atoms. The summed E-state index contributed by atoms with van der Waals surface area (Å²) in [6, 6.07) is 6.03. The molecule has 0 aromatic carbocycles. The smallest absolute Gasteiger partial charge is 0.329 e. The molecular formula is C19H26N8O2. The summed E-state index contributed by atoms with van der Waals surface area (Å²) in [5.74, 6) is 1.97. The molecular weight excluding hydrogens is 372 g/mol. The van der Waals surface area contributed by atoms with Crippen molar-refractivity contribution in [1.82, 2.24) is 19.9 Å². The van der Waals surface area contributed by atoms with Crippen LogP contribution in [0, 0.1) is 16.0 Å². The largest absolute Gasteiger partial charge is 0.378 e. The topological polar surface area (TPSA) is 118 Å². The third-order valence-corrected chi connectivity index (χ3v) is 5.65. The van der Waals surface area contributed by atoms with E-state index in [0.29, 0.717) is 11.9 Å². The fourth-order valence-electron chi connectivity index (χ4n) is 4.13. The molecule has 2 fully saturated rings. The molecule has 4 heterocycles. The van der Waals surface area contributed by atoms with Crippen LogP contribution in [-0.2, 0) is 0 Å². The number of aromatic nitrogens is 3. The quantitative estimate of drug-likeness (QED) is 0.589. The first-order valence-electron chi connectivity index (χ1n) is 10.0. The van der Waals surface area contributed by atoms with Crippen molar-refractivity contribution in [3.8, 4) is 0 Å². The van der Waals surface area contributed by atoms with Crippen molar-refractivity contribution >= 4 is 23.3 Å². The molecule has 0 amide bonds. The van der Waals surface area contributed by atoms with Crippen molar-refractivity contribution in [3.05, 3.63) is 40.7 Å². The van der Waals surface area contributed by atoms with Gasteiger partial charge in [-0.3, -0.25) is 15.0 Å². The van der Waals surface area contributed by atoms with E-state index in [0.717, 1.165) is 58.1 Å². The van der Waals surface area contributed by atoms with Crippen LogP contribution in [0.2, 0.25) is 0 Å². The third-order valence-electron chi connectivity index (χ3n) is 5.65. The number of anilines is 3. The number of piperidine rings is 1. The minimum Gasteiger partial charge on any atom is -0.378 e. The summed E-state index contributed by atoms with van der Waals surface area (Å²) in [5, 5.41) is 10.9. The second kappa shape index (κ2) is 8.56. The Kier molecular flexibility index (Phi) is 5.70. The predicted molar refractivity (Wildman–Crippen MR) is 111 cm³/mol. The Hall–Kier alpha value is -3.01. The lowest BCUT2D eigenvalue weighted by molar-refractivity contribution is -0.384. The van der Waals surface area contributed by atoms with Crippen molar-refractivity contribution in [1.29, 1.82) is 0 Å². The maximum absolute atomic E-state index is 10.9. The molecule has 0 bridgehead atoms. The minimum atomic E-state index is -0.553. The van der Waals surface area contributed by atoms with E-state index in [2.05, 4.69) is 35.7 Å². The highest BCUT2D eigenvalue weighted by Gasteiger charge is 2.27. The normalized spacial score (nSPS) is 20.6. The van der Waals surface area contributed by atoms with Crippen LogP contribution in [0.1, 0.15) is 12.8 Å². The van der Waals surface area contributed by atoms with Gasteiger partial charge in [0, 0.05) is 52.0 Å². The predicted octanol–water partition coefficient (Wildman–Crippen LogP) is 1.40. The lowest BCUT2D eigenvalue weighted by Crippen LogP contribution is -2.50. The maximum Gasteiger partial charge on any atom is 0.329 e. The molecule has 29 heavy (non-hydrogen) atoms. The molecule has 2 N–H and O–H groups in total. The summed E-state index contributed by atoms with van der Waals surface area (Å²) in [4.78, 5) is 30.1. The number of nitrogen functional groups attached to an aromatic ring is 1. The van der Waals surface area contributed by atoms with Crippen LogP contribution in [0.3, 0.4) is 0 Å². The Morgan fingerprint density at radius 3 is 2.66 bits per heavy atom. The molecule has 2 aliphatic rings. The van der Waals surface area contributed by atoms with Crippen LogP contribution in [0.5, 0.6) is 0 Å². The molecule has 0 aliphatic carbocycles. The van der Waals surface area contributed by atoms with E-state index in [9.17, 15) is 10.1 Å². The summed E-state index contributed by atoms with van der Waals surface area (Å²) in [7, 11) is 0. The number of nitrogens with two attached hydrogens (primary N) is 1. The molecule has 10 heteroatoms. The van der Waals surface area contributed by atoms with Crippen LogP contribution < -0.4 is 15.5 Å². The number of nitrogens with zero attached hydrogens (tertiary/aromatic N) is 7. The number of piperazine rings is 1. The number of hydrogen-bond donors (Lipinski definition) is 1. The van der Waals surface area contributed by atoms with Crippen molar-refractivity contribution in [3.63, 3.8) is 0 Å². The lowest BCUT2D eigenvalue weighted by atomic mass is 9.97. The first kappa shape index (κ1) is 19.3. The van der Waals surface area contributed by atoms with Gasteiger partial charge in [-0.25, -0.2) is 9.97 Å². The van der Waals surface area contributed by atoms with Crippen molar-refractivity contribution < 1.29 is 4.92 Å². The van der Waals surface area contributed by atoms with E-state index in [4.69, 9.17) is 5.73 Å². The molecule has 2 saturated heterocycles. The molecule has 4 rings (SSSR count). The first-order valence-corrected chi connectivity index (χ1v) is 10.0. The van der Waals surface area contributed by atoms with Gasteiger partial charge >= 0.3 is 5.69 Å². The van der Waals surface area contributed by atoms with Crippen LogP contribution in [0.15, 0.2) is 30.6 Å². The Morgan fingerprint density at radius 1 is 1.14 bits per heavy atom. The van der Waals surface area contributed by atoms with Gasteiger partial charge in [-0.15, -0.1) is 0 Å². The zero-order valence-electron chi connectivity index (χ0n) is 16.4.